The van der Waals surface area contributed by atoms with E-state index >= 15 is 0 Å². The number of hydrogen-bond donors (Lipinski definition) is 2. The summed E-state index contributed by atoms with van der Waals surface area (Å²) in [4.78, 5) is 51.9. The summed E-state index contributed by atoms with van der Waals surface area (Å²) >= 11 is 0. The highest BCUT2D eigenvalue weighted by Crippen LogP contribution is 2.24. The fourth-order valence-electron chi connectivity index (χ4n) is 3.97. The van der Waals surface area contributed by atoms with Crippen molar-refractivity contribution in [2.24, 2.45) is 7.05 Å². The third kappa shape index (κ3) is 4.42. The molecule has 2 heterocycles. The average Bonchev–Trinajstić information content (AvgIpc) is 2.95. The van der Waals surface area contributed by atoms with E-state index in [9.17, 15) is 23.6 Å². The van der Waals surface area contributed by atoms with Crippen LogP contribution in [0.2, 0.25) is 0 Å². The Kier molecular flexibility index (Phi) is 6.47. The monoisotopic (exact) mass is 442 g/mol. The molecule has 0 saturated carbocycles. The highest BCUT2D eigenvalue weighted by atomic mass is 19.1. The smallest absolute Gasteiger partial charge is 0.294 e. The second kappa shape index (κ2) is 8.94. The number of nitrogens with zero attached hydrogens (tertiary/aromatic N) is 2. The van der Waals surface area contributed by atoms with Gasteiger partial charge in [-0.15, -0.1) is 0 Å². The van der Waals surface area contributed by atoms with E-state index < -0.39 is 23.6 Å². The van der Waals surface area contributed by atoms with Crippen molar-refractivity contribution in [3.63, 3.8) is 0 Å². The molecule has 3 amide bonds. The van der Waals surface area contributed by atoms with Crippen LogP contribution in [0.4, 0.5) is 10.1 Å². The molecule has 32 heavy (non-hydrogen) atoms. The summed E-state index contributed by atoms with van der Waals surface area (Å²) in [6.45, 7) is 5.39. The van der Waals surface area contributed by atoms with Crippen LogP contribution < -0.4 is 10.6 Å². The number of rotatable bonds is 5. The van der Waals surface area contributed by atoms with E-state index in [2.05, 4.69) is 10.6 Å². The molecule has 1 saturated heterocycles. The molecule has 1 aromatic carbocycles. The lowest BCUT2D eigenvalue weighted by Crippen LogP contribution is -2.48. The number of Topliss-reactive ketones (excluding diaryl/α,β-unsaturated/α-hetero) is 1. The summed E-state index contributed by atoms with van der Waals surface area (Å²) in [5.74, 6) is -2.49. The molecular weight excluding hydrogens is 415 g/mol. The molecule has 0 aliphatic carbocycles. The molecule has 1 atom stereocenters. The number of hydrogen-bond acceptors (Lipinski definition) is 4. The van der Waals surface area contributed by atoms with Gasteiger partial charge in [0.2, 0.25) is 5.91 Å². The summed E-state index contributed by atoms with van der Waals surface area (Å²) in [5.41, 5.74) is 2.10. The van der Waals surface area contributed by atoms with Gasteiger partial charge in [0.05, 0.1) is 11.3 Å². The number of halogens is 1. The van der Waals surface area contributed by atoms with Gasteiger partial charge in [-0.2, -0.15) is 0 Å². The largest absolute Gasteiger partial charge is 0.346 e. The predicted molar refractivity (Wildman–Crippen MR) is 117 cm³/mol. The van der Waals surface area contributed by atoms with E-state index in [1.165, 1.54) is 22.8 Å². The zero-order valence-corrected chi connectivity index (χ0v) is 18.8. The minimum absolute atomic E-state index is 0.0881. The lowest BCUT2D eigenvalue weighted by atomic mass is 10.0. The number of benzene rings is 1. The number of carbonyl (C=O) groups is 4. The highest BCUT2D eigenvalue weighted by Gasteiger charge is 2.31. The summed E-state index contributed by atoms with van der Waals surface area (Å²) in [5, 5.41) is 5.36. The Morgan fingerprint density at radius 1 is 1.12 bits per heavy atom. The van der Waals surface area contributed by atoms with Gasteiger partial charge in [0.25, 0.3) is 17.6 Å². The van der Waals surface area contributed by atoms with Gasteiger partial charge in [-0.25, -0.2) is 4.39 Å². The van der Waals surface area contributed by atoms with Crippen molar-refractivity contribution >= 4 is 29.2 Å². The molecular formula is C23H27FN4O4. The SMILES string of the molecule is Cc1cc(NC(=O)c2c(C)c(C(=O)C(=O)NC3CCN(C)C(=O)C3)n(C)c2C)ccc1F. The van der Waals surface area contributed by atoms with Gasteiger partial charge in [-0.3, -0.25) is 19.2 Å². The van der Waals surface area contributed by atoms with Gasteiger partial charge in [0.15, 0.2) is 0 Å². The lowest BCUT2D eigenvalue weighted by Gasteiger charge is -2.29. The van der Waals surface area contributed by atoms with E-state index in [1.807, 2.05) is 0 Å². The highest BCUT2D eigenvalue weighted by molar-refractivity contribution is 6.43. The zero-order chi connectivity index (χ0) is 23.7. The number of amides is 3. The molecule has 1 aliphatic rings. The fourth-order valence-corrected chi connectivity index (χ4v) is 3.97. The minimum Gasteiger partial charge on any atom is -0.346 e. The van der Waals surface area contributed by atoms with Gasteiger partial charge in [0, 0.05) is 44.5 Å². The molecule has 2 N–H and O–H groups in total. The van der Waals surface area contributed by atoms with Gasteiger partial charge >= 0.3 is 0 Å². The number of ketones is 1. The van der Waals surface area contributed by atoms with Crippen LogP contribution in [0, 0.1) is 26.6 Å². The van der Waals surface area contributed by atoms with Crippen molar-refractivity contribution in [2.45, 2.75) is 39.7 Å². The minimum atomic E-state index is -0.808. The van der Waals surface area contributed by atoms with E-state index in [-0.39, 0.29) is 29.4 Å². The molecule has 0 radical (unpaired) electrons. The first kappa shape index (κ1) is 23.2. The molecule has 9 heteroatoms. The quantitative estimate of drug-likeness (QED) is 0.548. The fraction of sp³-hybridized carbons (Fsp3) is 0.391. The van der Waals surface area contributed by atoms with E-state index in [1.54, 1.807) is 39.8 Å². The Labute approximate surface area is 185 Å². The van der Waals surface area contributed by atoms with Crippen LogP contribution in [-0.4, -0.2) is 52.6 Å². The molecule has 8 nitrogen and oxygen atoms in total. The Bertz CT molecular complexity index is 1120. The van der Waals surface area contributed by atoms with Crippen LogP contribution in [-0.2, 0) is 16.6 Å². The van der Waals surface area contributed by atoms with Crippen molar-refractivity contribution in [3.8, 4) is 0 Å². The molecule has 0 bridgehead atoms. The Morgan fingerprint density at radius 2 is 1.81 bits per heavy atom. The molecule has 0 spiro atoms. The van der Waals surface area contributed by atoms with E-state index in [0.29, 0.717) is 35.5 Å². The third-order valence-electron chi connectivity index (χ3n) is 5.99. The molecule has 1 fully saturated rings. The number of likely N-dealkylation sites (tertiary alicyclic amines) is 1. The molecule has 170 valence electrons. The summed E-state index contributed by atoms with van der Waals surface area (Å²) < 4.78 is 15.0. The van der Waals surface area contributed by atoms with Crippen molar-refractivity contribution in [2.75, 3.05) is 18.9 Å². The van der Waals surface area contributed by atoms with Crippen molar-refractivity contribution in [3.05, 3.63) is 52.1 Å². The Morgan fingerprint density at radius 3 is 2.44 bits per heavy atom. The summed E-state index contributed by atoms with van der Waals surface area (Å²) in [6, 6.07) is 3.84. The lowest BCUT2D eigenvalue weighted by molar-refractivity contribution is -0.133. The molecule has 2 aromatic rings. The van der Waals surface area contributed by atoms with Crippen LogP contribution in [0.3, 0.4) is 0 Å². The second-order valence-electron chi connectivity index (χ2n) is 8.22. The topological polar surface area (TPSA) is 101 Å². The summed E-state index contributed by atoms with van der Waals surface area (Å²) in [7, 11) is 3.31. The van der Waals surface area contributed by atoms with Crippen molar-refractivity contribution in [1.82, 2.24) is 14.8 Å². The number of piperidine rings is 1. The normalized spacial score (nSPS) is 16.1. The van der Waals surface area contributed by atoms with Crippen LogP contribution in [0.15, 0.2) is 18.2 Å². The predicted octanol–water partition coefficient (Wildman–Crippen LogP) is 2.26. The number of aromatic nitrogens is 1. The van der Waals surface area contributed by atoms with E-state index in [4.69, 9.17) is 0 Å². The summed E-state index contributed by atoms with van der Waals surface area (Å²) in [6.07, 6.45) is 0.711. The first-order chi connectivity index (χ1) is 15.0. The van der Waals surface area contributed by atoms with Crippen LogP contribution >= 0.6 is 0 Å². The van der Waals surface area contributed by atoms with Crippen LogP contribution in [0.5, 0.6) is 0 Å². The van der Waals surface area contributed by atoms with Gasteiger partial charge in [-0.05, 0) is 56.5 Å². The standard InChI is InChI=1S/C23H27FN4O4/c1-12-10-15(6-7-17(12)24)25-22(31)19-13(2)20(28(5)14(19)3)21(30)23(32)26-16-8-9-27(4)18(29)11-16/h6-7,10,16H,8-9,11H2,1-5H3,(H,25,31)(H,26,32). The van der Waals surface area contributed by atoms with Crippen molar-refractivity contribution < 1.29 is 23.6 Å². The average molecular weight is 442 g/mol. The maximum absolute atomic E-state index is 13.5. The van der Waals surface area contributed by atoms with Crippen molar-refractivity contribution in [1.29, 1.82) is 0 Å². The Balaban J connectivity index is 1.80. The molecule has 1 unspecified atom stereocenters. The van der Waals surface area contributed by atoms with Crippen LogP contribution in [0.1, 0.15) is 50.5 Å². The van der Waals surface area contributed by atoms with Gasteiger partial charge in [-0.1, -0.05) is 0 Å². The van der Waals surface area contributed by atoms with Crippen LogP contribution in [0.25, 0.3) is 0 Å². The Hall–Kier alpha value is -3.49. The molecule has 3 rings (SSSR count). The first-order valence-electron chi connectivity index (χ1n) is 10.3. The number of aryl methyl sites for hydroxylation is 1. The first-order valence-corrected chi connectivity index (χ1v) is 10.3. The maximum atomic E-state index is 13.5. The van der Waals surface area contributed by atoms with Gasteiger partial charge in [0.1, 0.15) is 5.82 Å². The maximum Gasteiger partial charge on any atom is 0.294 e. The third-order valence-corrected chi connectivity index (χ3v) is 5.99. The number of carbonyl (C=O) groups excluding carboxylic acids is 4. The number of nitrogens with one attached hydrogen (secondary N) is 2. The second-order valence-corrected chi connectivity index (χ2v) is 8.22. The molecule has 1 aromatic heterocycles. The zero-order valence-electron chi connectivity index (χ0n) is 18.8. The van der Waals surface area contributed by atoms with Gasteiger partial charge < -0.3 is 20.1 Å². The molecule has 1 aliphatic heterocycles. The number of anilines is 1. The van der Waals surface area contributed by atoms with E-state index in [0.717, 1.165) is 0 Å².